The first-order valence-electron chi connectivity index (χ1n) is 8.69. The van der Waals surface area contributed by atoms with Crippen LogP contribution in [0.3, 0.4) is 0 Å². The van der Waals surface area contributed by atoms with Gasteiger partial charge in [-0.3, -0.25) is 15.5 Å². The molecule has 0 aliphatic rings. The molecule has 0 aliphatic carbocycles. The number of nitrogens with one attached hydrogen (secondary N) is 1. The molecule has 29 heavy (non-hydrogen) atoms. The molecule has 0 saturated carbocycles. The third-order valence-electron chi connectivity index (χ3n) is 4.30. The molecule has 4 aromatic rings. The van der Waals surface area contributed by atoms with Crippen LogP contribution in [0.15, 0.2) is 71.1 Å². The first kappa shape index (κ1) is 18.6. The van der Waals surface area contributed by atoms with Crippen molar-refractivity contribution in [2.75, 3.05) is 12.5 Å². The van der Waals surface area contributed by atoms with Crippen molar-refractivity contribution in [3.05, 3.63) is 81.7 Å². The normalized spacial score (nSPS) is 11.1. The number of methoxy groups -OCH3 is 1. The maximum atomic E-state index is 10.9. The standard InChI is InChI=1S/C21H16N4O3S/c1-28-19-8-7-15-9-14(5-6-16(15)11-19)12-22-24-21-23-20(13-29-21)17-3-2-4-18(10-17)25(26)27/h2-13H,1H3,(H,23,24)/b22-12+. The zero-order valence-corrected chi connectivity index (χ0v) is 16.2. The van der Waals surface area contributed by atoms with Gasteiger partial charge >= 0.3 is 0 Å². The molecular weight excluding hydrogens is 388 g/mol. The number of thiazole rings is 1. The summed E-state index contributed by atoms with van der Waals surface area (Å²) in [5.41, 5.74) is 5.25. The summed E-state index contributed by atoms with van der Waals surface area (Å²) in [7, 11) is 1.65. The van der Waals surface area contributed by atoms with E-state index >= 15 is 0 Å². The number of nitrogens with zero attached hydrogens (tertiary/aromatic N) is 3. The minimum absolute atomic E-state index is 0.0388. The van der Waals surface area contributed by atoms with Crippen LogP contribution in [0.1, 0.15) is 5.56 Å². The molecule has 0 atom stereocenters. The van der Waals surface area contributed by atoms with E-state index in [1.54, 1.807) is 25.5 Å². The van der Waals surface area contributed by atoms with Gasteiger partial charge in [0.1, 0.15) is 5.75 Å². The number of hydrogen-bond donors (Lipinski definition) is 1. The molecule has 0 unspecified atom stereocenters. The van der Waals surface area contributed by atoms with Gasteiger partial charge in [0, 0.05) is 23.1 Å². The summed E-state index contributed by atoms with van der Waals surface area (Å²) in [6.45, 7) is 0. The van der Waals surface area contributed by atoms with Crippen molar-refractivity contribution in [2.24, 2.45) is 5.10 Å². The van der Waals surface area contributed by atoms with Crippen molar-refractivity contribution >= 4 is 39.1 Å². The lowest BCUT2D eigenvalue weighted by atomic mass is 10.1. The second-order valence-electron chi connectivity index (χ2n) is 6.19. The summed E-state index contributed by atoms with van der Waals surface area (Å²) in [5.74, 6) is 0.823. The largest absolute Gasteiger partial charge is 0.497 e. The zero-order valence-electron chi connectivity index (χ0n) is 15.4. The lowest BCUT2D eigenvalue weighted by Crippen LogP contribution is -1.91. The Morgan fingerprint density at radius 3 is 2.79 bits per heavy atom. The van der Waals surface area contributed by atoms with Crippen LogP contribution < -0.4 is 10.2 Å². The molecule has 1 N–H and O–H groups in total. The minimum Gasteiger partial charge on any atom is -0.497 e. The lowest BCUT2D eigenvalue weighted by Gasteiger charge is -2.03. The van der Waals surface area contributed by atoms with E-state index in [4.69, 9.17) is 4.74 Å². The van der Waals surface area contributed by atoms with Crippen LogP contribution in [0.25, 0.3) is 22.0 Å². The highest BCUT2D eigenvalue weighted by molar-refractivity contribution is 7.14. The summed E-state index contributed by atoms with van der Waals surface area (Å²) in [6, 6.07) is 18.3. The van der Waals surface area contributed by atoms with Crippen LogP contribution in [0.5, 0.6) is 5.75 Å². The first-order chi connectivity index (χ1) is 14.1. The van der Waals surface area contributed by atoms with E-state index in [1.807, 2.05) is 41.8 Å². The highest BCUT2D eigenvalue weighted by atomic mass is 32.1. The second kappa shape index (κ2) is 8.07. The predicted octanol–water partition coefficient (Wildman–Crippen LogP) is 5.33. The molecule has 0 radical (unpaired) electrons. The van der Waals surface area contributed by atoms with Crippen molar-refractivity contribution < 1.29 is 9.66 Å². The lowest BCUT2D eigenvalue weighted by molar-refractivity contribution is -0.384. The molecule has 4 rings (SSSR count). The third kappa shape index (κ3) is 4.22. The number of hydrogen-bond acceptors (Lipinski definition) is 7. The van der Waals surface area contributed by atoms with Gasteiger partial charge in [-0.15, -0.1) is 11.3 Å². The van der Waals surface area contributed by atoms with Crippen LogP contribution in [0.2, 0.25) is 0 Å². The zero-order chi connectivity index (χ0) is 20.2. The maximum absolute atomic E-state index is 10.9. The monoisotopic (exact) mass is 404 g/mol. The van der Waals surface area contributed by atoms with Gasteiger partial charge in [0.05, 0.1) is 23.9 Å². The molecule has 0 saturated heterocycles. The van der Waals surface area contributed by atoms with Gasteiger partial charge < -0.3 is 4.74 Å². The quantitative estimate of drug-likeness (QED) is 0.267. The Labute approximate surface area is 170 Å². The number of non-ortho nitro benzene ring substituents is 1. The smallest absolute Gasteiger partial charge is 0.270 e. The number of nitro benzene ring substituents is 1. The molecule has 3 aromatic carbocycles. The number of ether oxygens (including phenoxy) is 1. The van der Waals surface area contributed by atoms with Crippen LogP contribution in [-0.4, -0.2) is 23.2 Å². The molecule has 0 amide bonds. The Balaban J connectivity index is 1.47. The van der Waals surface area contributed by atoms with E-state index < -0.39 is 4.92 Å². The van der Waals surface area contributed by atoms with Crippen LogP contribution in [0, 0.1) is 10.1 Å². The van der Waals surface area contributed by atoms with Gasteiger partial charge in [-0.25, -0.2) is 4.98 Å². The van der Waals surface area contributed by atoms with Gasteiger partial charge in [0.2, 0.25) is 5.13 Å². The van der Waals surface area contributed by atoms with E-state index in [9.17, 15) is 10.1 Å². The van der Waals surface area contributed by atoms with Gasteiger partial charge in [0.25, 0.3) is 5.69 Å². The molecule has 0 bridgehead atoms. The Morgan fingerprint density at radius 1 is 1.14 bits per heavy atom. The summed E-state index contributed by atoms with van der Waals surface area (Å²) >= 11 is 1.38. The Bertz CT molecular complexity index is 1220. The molecule has 8 heteroatoms. The molecule has 7 nitrogen and oxygen atoms in total. The van der Waals surface area contributed by atoms with Crippen LogP contribution in [0.4, 0.5) is 10.8 Å². The van der Waals surface area contributed by atoms with E-state index in [0.717, 1.165) is 22.1 Å². The Morgan fingerprint density at radius 2 is 1.97 bits per heavy atom. The number of nitro groups is 1. The molecule has 0 fully saturated rings. The molecule has 144 valence electrons. The first-order valence-corrected chi connectivity index (χ1v) is 9.57. The van der Waals surface area contributed by atoms with Crippen molar-refractivity contribution in [2.45, 2.75) is 0 Å². The molecular formula is C21H16N4O3S. The van der Waals surface area contributed by atoms with E-state index in [1.165, 1.54) is 23.5 Å². The average Bonchev–Trinajstić information content (AvgIpc) is 3.22. The van der Waals surface area contributed by atoms with Crippen LogP contribution >= 0.6 is 11.3 Å². The van der Waals surface area contributed by atoms with Gasteiger partial charge in [-0.05, 0) is 34.5 Å². The fourth-order valence-electron chi connectivity index (χ4n) is 2.85. The summed E-state index contributed by atoms with van der Waals surface area (Å²) in [6.07, 6.45) is 1.72. The second-order valence-corrected chi connectivity index (χ2v) is 7.05. The number of hydrazone groups is 1. The highest BCUT2D eigenvalue weighted by Crippen LogP contribution is 2.27. The van der Waals surface area contributed by atoms with Crippen molar-refractivity contribution in [1.82, 2.24) is 4.98 Å². The molecule has 0 aliphatic heterocycles. The van der Waals surface area contributed by atoms with Crippen molar-refractivity contribution in [3.63, 3.8) is 0 Å². The van der Waals surface area contributed by atoms with Crippen LogP contribution in [-0.2, 0) is 0 Å². The minimum atomic E-state index is -0.418. The van der Waals surface area contributed by atoms with E-state index in [0.29, 0.717) is 16.4 Å². The van der Waals surface area contributed by atoms with Gasteiger partial charge in [-0.2, -0.15) is 5.10 Å². The number of fused-ring (bicyclic) bond motifs is 1. The number of aromatic nitrogens is 1. The molecule has 0 spiro atoms. The summed E-state index contributed by atoms with van der Waals surface area (Å²) in [5, 5.41) is 19.8. The summed E-state index contributed by atoms with van der Waals surface area (Å²) < 4.78 is 5.24. The topological polar surface area (TPSA) is 89.7 Å². The van der Waals surface area contributed by atoms with E-state index in [-0.39, 0.29) is 5.69 Å². The summed E-state index contributed by atoms with van der Waals surface area (Å²) in [4.78, 5) is 15.0. The van der Waals surface area contributed by atoms with E-state index in [2.05, 4.69) is 15.5 Å². The third-order valence-corrected chi connectivity index (χ3v) is 5.05. The fraction of sp³-hybridized carbons (Fsp3) is 0.0476. The Kier molecular flexibility index (Phi) is 5.17. The fourth-order valence-corrected chi connectivity index (χ4v) is 3.52. The van der Waals surface area contributed by atoms with Gasteiger partial charge in [0.15, 0.2) is 0 Å². The Hall–Kier alpha value is -3.78. The number of benzene rings is 3. The molecule has 1 heterocycles. The predicted molar refractivity (Wildman–Crippen MR) is 116 cm³/mol. The highest BCUT2D eigenvalue weighted by Gasteiger charge is 2.09. The van der Waals surface area contributed by atoms with Gasteiger partial charge in [-0.1, -0.05) is 30.3 Å². The molecule has 1 aromatic heterocycles. The van der Waals surface area contributed by atoms with Crippen molar-refractivity contribution in [3.8, 4) is 17.0 Å². The SMILES string of the molecule is COc1ccc2cc(/C=N/Nc3nc(-c4cccc([N+](=O)[O-])c4)cs3)ccc2c1. The maximum Gasteiger partial charge on any atom is 0.270 e. The van der Waals surface area contributed by atoms with Crippen molar-refractivity contribution in [1.29, 1.82) is 0 Å². The average molecular weight is 404 g/mol. The number of rotatable bonds is 6. The number of anilines is 1.